The van der Waals surface area contributed by atoms with Gasteiger partial charge in [-0.05, 0) is 27.2 Å². The summed E-state index contributed by atoms with van der Waals surface area (Å²) < 4.78 is 0. The number of carboxylic acids is 1. The third kappa shape index (κ3) is 3.36. The summed E-state index contributed by atoms with van der Waals surface area (Å²) in [6, 6.07) is 0. The minimum atomic E-state index is -1.18. The Hall–Kier alpha value is -1.32. The van der Waals surface area contributed by atoms with E-state index in [1.165, 1.54) is 25.8 Å². The molecule has 4 nitrogen and oxygen atoms in total. The minimum absolute atomic E-state index is 0.171. The fraction of sp³-hybridized carbons (Fsp3) is 0.667. The van der Waals surface area contributed by atoms with Gasteiger partial charge in [0.1, 0.15) is 5.54 Å². The molecule has 0 saturated carbocycles. The average molecular weight is 227 g/mol. The molecule has 0 aliphatic carbocycles. The molecule has 0 rings (SSSR count). The molecule has 0 radical (unpaired) electrons. The molecule has 1 atom stereocenters. The predicted molar refractivity (Wildman–Crippen MR) is 63.1 cm³/mol. The Morgan fingerprint density at radius 1 is 1.44 bits per heavy atom. The van der Waals surface area contributed by atoms with Gasteiger partial charge < -0.3 is 10.0 Å². The topological polar surface area (TPSA) is 57.6 Å². The molecule has 0 bridgehead atoms. The SMILES string of the molecule is C=C(C)CC(C)C(=O)N(C)C(C)(C)C(=O)O. The zero-order chi connectivity index (χ0) is 13.1. The van der Waals surface area contributed by atoms with Crippen LogP contribution in [-0.4, -0.2) is 34.5 Å². The smallest absolute Gasteiger partial charge is 0.329 e. The molecule has 0 fully saturated rings. The van der Waals surface area contributed by atoms with Crippen LogP contribution in [0.3, 0.4) is 0 Å². The number of carbonyl (C=O) groups is 2. The molecule has 4 heteroatoms. The number of aliphatic carboxylic acids is 1. The summed E-state index contributed by atoms with van der Waals surface area (Å²) in [6.45, 7) is 10.4. The van der Waals surface area contributed by atoms with Gasteiger partial charge in [0.25, 0.3) is 0 Å². The van der Waals surface area contributed by atoms with Crippen molar-refractivity contribution < 1.29 is 14.7 Å². The number of likely N-dealkylation sites (N-methyl/N-ethyl adjacent to an activating group) is 1. The number of allylic oxidation sites excluding steroid dienone is 1. The number of hydrogen-bond donors (Lipinski definition) is 1. The number of carboxylic acid groups (broad SMARTS) is 1. The number of carbonyl (C=O) groups excluding carboxylic acids is 1. The van der Waals surface area contributed by atoms with Crippen molar-refractivity contribution in [1.29, 1.82) is 0 Å². The van der Waals surface area contributed by atoms with E-state index in [2.05, 4.69) is 6.58 Å². The summed E-state index contributed by atoms with van der Waals surface area (Å²) in [7, 11) is 1.52. The maximum Gasteiger partial charge on any atom is 0.329 e. The van der Waals surface area contributed by atoms with Gasteiger partial charge in [0.05, 0.1) is 0 Å². The second-order valence-electron chi connectivity index (χ2n) is 4.82. The highest BCUT2D eigenvalue weighted by molar-refractivity contribution is 5.87. The monoisotopic (exact) mass is 227 g/mol. The van der Waals surface area contributed by atoms with E-state index in [1.54, 1.807) is 6.92 Å². The van der Waals surface area contributed by atoms with Crippen LogP contribution in [0.2, 0.25) is 0 Å². The van der Waals surface area contributed by atoms with E-state index in [9.17, 15) is 9.59 Å². The Morgan fingerprint density at radius 2 is 1.88 bits per heavy atom. The Morgan fingerprint density at radius 3 is 2.19 bits per heavy atom. The molecule has 0 saturated heterocycles. The second-order valence-corrected chi connectivity index (χ2v) is 4.82. The van der Waals surface area contributed by atoms with Gasteiger partial charge in [0, 0.05) is 13.0 Å². The first kappa shape index (κ1) is 14.7. The van der Waals surface area contributed by atoms with Crippen LogP contribution in [0.1, 0.15) is 34.1 Å². The van der Waals surface area contributed by atoms with Crippen LogP contribution in [-0.2, 0) is 9.59 Å². The van der Waals surface area contributed by atoms with E-state index in [0.717, 1.165) is 5.57 Å². The van der Waals surface area contributed by atoms with E-state index < -0.39 is 11.5 Å². The van der Waals surface area contributed by atoms with Gasteiger partial charge in [-0.25, -0.2) is 4.79 Å². The molecular formula is C12H21NO3. The van der Waals surface area contributed by atoms with Crippen LogP contribution in [0.5, 0.6) is 0 Å². The van der Waals surface area contributed by atoms with E-state index in [1.807, 2.05) is 6.92 Å². The summed E-state index contributed by atoms with van der Waals surface area (Å²) in [5.41, 5.74) is -0.261. The Balaban J connectivity index is 4.74. The van der Waals surface area contributed by atoms with Crippen LogP contribution >= 0.6 is 0 Å². The highest BCUT2D eigenvalue weighted by Crippen LogP contribution is 2.19. The first-order valence-corrected chi connectivity index (χ1v) is 5.26. The van der Waals surface area contributed by atoms with Crippen LogP contribution < -0.4 is 0 Å². The molecule has 0 aromatic heterocycles. The molecule has 0 aliphatic heterocycles. The lowest BCUT2D eigenvalue weighted by atomic mass is 9.97. The first-order chi connectivity index (χ1) is 7.10. The van der Waals surface area contributed by atoms with Crippen molar-refractivity contribution in [2.45, 2.75) is 39.7 Å². The molecule has 0 aliphatic rings. The number of hydrogen-bond acceptors (Lipinski definition) is 2. The van der Waals surface area contributed by atoms with Gasteiger partial charge in [-0.1, -0.05) is 12.5 Å². The van der Waals surface area contributed by atoms with Crippen LogP contribution in [0.4, 0.5) is 0 Å². The second kappa shape index (κ2) is 5.14. The maximum atomic E-state index is 12.0. The lowest BCUT2D eigenvalue weighted by Crippen LogP contribution is -2.52. The highest BCUT2D eigenvalue weighted by Gasteiger charge is 2.36. The van der Waals surface area contributed by atoms with Crippen molar-refractivity contribution in [3.05, 3.63) is 12.2 Å². The summed E-state index contributed by atoms with van der Waals surface area (Å²) in [5, 5.41) is 9.01. The van der Waals surface area contributed by atoms with Crippen LogP contribution in [0.25, 0.3) is 0 Å². The number of nitrogens with zero attached hydrogens (tertiary/aromatic N) is 1. The zero-order valence-electron chi connectivity index (χ0n) is 10.7. The lowest BCUT2D eigenvalue weighted by Gasteiger charge is -2.33. The van der Waals surface area contributed by atoms with E-state index in [0.29, 0.717) is 6.42 Å². The van der Waals surface area contributed by atoms with Gasteiger partial charge >= 0.3 is 5.97 Å². The van der Waals surface area contributed by atoms with Gasteiger partial charge in [0.2, 0.25) is 5.91 Å². The summed E-state index contributed by atoms with van der Waals surface area (Å²) in [4.78, 5) is 24.2. The van der Waals surface area contributed by atoms with Gasteiger partial charge in [-0.3, -0.25) is 4.79 Å². The van der Waals surface area contributed by atoms with E-state index in [4.69, 9.17) is 5.11 Å². The minimum Gasteiger partial charge on any atom is -0.480 e. The molecule has 0 aromatic carbocycles. The standard InChI is InChI=1S/C12H21NO3/c1-8(2)7-9(3)10(14)13(6)12(4,5)11(15)16/h9H,1,7H2,2-6H3,(H,15,16). The predicted octanol–water partition coefficient (Wildman–Crippen LogP) is 1.91. The molecule has 1 N–H and O–H groups in total. The van der Waals surface area contributed by atoms with Crippen molar-refractivity contribution >= 4 is 11.9 Å². The molecular weight excluding hydrogens is 206 g/mol. The zero-order valence-corrected chi connectivity index (χ0v) is 10.7. The number of amides is 1. The number of rotatable bonds is 5. The average Bonchev–Trinajstić information content (AvgIpc) is 2.13. The molecule has 0 spiro atoms. The van der Waals surface area contributed by atoms with E-state index >= 15 is 0 Å². The Bertz CT molecular complexity index is 307. The molecule has 0 heterocycles. The maximum absolute atomic E-state index is 12.0. The first-order valence-electron chi connectivity index (χ1n) is 5.26. The lowest BCUT2D eigenvalue weighted by molar-refractivity contribution is -0.156. The Kier molecular flexibility index (Phi) is 4.72. The molecule has 0 aromatic rings. The van der Waals surface area contributed by atoms with Crippen molar-refractivity contribution in [2.24, 2.45) is 5.92 Å². The third-order valence-corrected chi connectivity index (χ3v) is 2.77. The van der Waals surface area contributed by atoms with Crippen LogP contribution in [0, 0.1) is 5.92 Å². The fourth-order valence-electron chi connectivity index (χ4n) is 1.36. The summed E-state index contributed by atoms with van der Waals surface area (Å²) >= 11 is 0. The van der Waals surface area contributed by atoms with Crippen LogP contribution in [0.15, 0.2) is 12.2 Å². The van der Waals surface area contributed by atoms with Crippen molar-refractivity contribution in [1.82, 2.24) is 4.90 Å². The van der Waals surface area contributed by atoms with Gasteiger partial charge in [-0.2, -0.15) is 0 Å². The third-order valence-electron chi connectivity index (χ3n) is 2.77. The molecule has 16 heavy (non-hydrogen) atoms. The summed E-state index contributed by atoms with van der Waals surface area (Å²) in [5.74, 6) is -1.41. The highest BCUT2D eigenvalue weighted by atomic mass is 16.4. The normalized spacial score (nSPS) is 13.1. The molecule has 1 amide bonds. The van der Waals surface area contributed by atoms with Gasteiger partial charge in [-0.15, -0.1) is 6.58 Å². The van der Waals surface area contributed by atoms with E-state index in [-0.39, 0.29) is 11.8 Å². The fourth-order valence-corrected chi connectivity index (χ4v) is 1.36. The summed E-state index contributed by atoms with van der Waals surface area (Å²) in [6.07, 6.45) is 0.582. The molecule has 1 unspecified atom stereocenters. The Labute approximate surface area is 96.9 Å². The molecule has 92 valence electrons. The van der Waals surface area contributed by atoms with Gasteiger partial charge in [0.15, 0.2) is 0 Å². The quantitative estimate of drug-likeness (QED) is 0.730. The largest absolute Gasteiger partial charge is 0.480 e. The van der Waals surface area contributed by atoms with Crippen molar-refractivity contribution in [3.63, 3.8) is 0 Å². The van der Waals surface area contributed by atoms with Crippen molar-refractivity contribution in [2.75, 3.05) is 7.05 Å². The van der Waals surface area contributed by atoms with Crippen molar-refractivity contribution in [3.8, 4) is 0 Å².